The fourth-order valence-electron chi connectivity index (χ4n) is 2.00. The number of halogens is 2. The van der Waals surface area contributed by atoms with Crippen molar-refractivity contribution in [1.82, 2.24) is 0 Å². The van der Waals surface area contributed by atoms with Crippen LogP contribution < -0.4 is 9.64 Å². The number of ether oxygens (including phenoxy) is 1. The summed E-state index contributed by atoms with van der Waals surface area (Å²) in [6, 6.07) is 12.4. The molecule has 0 spiro atoms. The van der Waals surface area contributed by atoms with E-state index in [2.05, 4.69) is 0 Å². The second-order valence-corrected chi connectivity index (χ2v) is 4.95. The first kappa shape index (κ1) is 12.3. The van der Waals surface area contributed by atoms with Crippen LogP contribution in [0.25, 0.3) is 0 Å². The van der Waals surface area contributed by atoms with Crippen molar-refractivity contribution in [3.63, 3.8) is 0 Å². The molecule has 3 nitrogen and oxygen atoms in total. The van der Waals surface area contributed by atoms with Gasteiger partial charge in [-0.25, -0.2) is 0 Å². The Morgan fingerprint density at radius 3 is 2.58 bits per heavy atom. The molecule has 19 heavy (non-hydrogen) atoms. The van der Waals surface area contributed by atoms with Crippen LogP contribution in [0.1, 0.15) is 10.4 Å². The molecular formula is C14H9Cl2NO2. The topological polar surface area (TPSA) is 29.5 Å². The summed E-state index contributed by atoms with van der Waals surface area (Å²) in [4.78, 5) is 14.0. The molecular weight excluding hydrogens is 285 g/mol. The van der Waals surface area contributed by atoms with Crippen LogP contribution in [0.4, 0.5) is 5.69 Å². The Morgan fingerprint density at radius 2 is 1.84 bits per heavy atom. The number of amides is 1. The van der Waals surface area contributed by atoms with E-state index in [1.807, 2.05) is 30.3 Å². The van der Waals surface area contributed by atoms with Crippen LogP contribution >= 0.6 is 23.2 Å². The lowest BCUT2D eigenvalue weighted by atomic mass is 10.1. The van der Waals surface area contributed by atoms with Gasteiger partial charge in [-0.1, -0.05) is 41.4 Å². The maximum atomic E-state index is 12.5. The SMILES string of the molecule is O=C1c2cc(Cl)cc(Cl)c2OCN1c1ccccc1. The Kier molecular flexibility index (Phi) is 3.09. The zero-order valence-corrected chi connectivity index (χ0v) is 11.3. The predicted octanol–water partition coefficient (Wildman–Crippen LogP) is 3.99. The summed E-state index contributed by atoms with van der Waals surface area (Å²) in [5, 5.41) is 0.763. The van der Waals surface area contributed by atoms with Crippen LogP contribution in [0, 0.1) is 0 Å². The number of benzene rings is 2. The van der Waals surface area contributed by atoms with E-state index in [0.29, 0.717) is 21.4 Å². The minimum absolute atomic E-state index is 0.136. The van der Waals surface area contributed by atoms with Crippen molar-refractivity contribution in [3.8, 4) is 5.75 Å². The van der Waals surface area contributed by atoms with Crippen LogP contribution in [0.5, 0.6) is 5.75 Å². The minimum atomic E-state index is -0.170. The van der Waals surface area contributed by atoms with Crippen LogP contribution in [-0.2, 0) is 0 Å². The first-order valence-electron chi connectivity index (χ1n) is 5.65. The highest BCUT2D eigenvalue weighted by Crippen LogP contribution is 2.36. The first-order chi connectivity index (χ1) is 9.16. The Bertz CT molecular complexity index is 643. The maximum Gasteiger partial charge on any atom is 0.264 e. The summed E-state index contributed by atoms with van der Waals surface area (Å²) in [5.41, 5.74) is 1.15. The summed E-state index contributed by atoms with van der Waals surface area (Å²) in [5.74, 6) is 0.222. The van der Waals surface area contributed by atoms with Gasteiger partial charge in [-0.3, -0.25) is 9.69 Å². The molecule has 0 unspecified atom stereocenters. The number of nitrogens with zero attached hydrogens (tertiary/aromatic N) is 1. The third-order valence-corrected chi connectivity index (χ3v) is 3.39. The molecule has 0 N–H and O–H groups in total. The number of anilines is 1. The van der Waals surface area contributed by atoms with Gasteiger partial charge < -0.3 is 4.74 Å². The molecule has 0 saturated carbocycles. The van der Waals surface area contributed by atoms with Gasteiger partial charge in [-0.15, -0.1) is 0 Å². The van der Waals surface area contributed by atoms with Crippen LogP contribution in [0.2, 0.25) is 10.0 Å². The Hall–Kier alpha value is -1.71. The summed E-state index contributed by atoms with van der Waals surface area (Å²) < 4.78 is 5.56. The molecule has 5 heteroatoms. The lowest BCUT2D eigenvalue weighted by Crippen LogP contribution is -2.38. The number of hydrogen-bond donors (Lipinski definition) is 0. The second-order valence-electron chi connectivity index (χ2n) is 4.11. The van der Waals surface area contributed by atoms with Crippen molar-refractivity contribution in [3.05, 3.63) is 58.1 Å². The molecule has 2 aromatic carbocycles. The van der Waals surface area contributed by atoms with Crippen molar-refractivity contribution in [2.24, 2.45) is 0 Å². The van der Waals surface area contributed by atoms with Crippen molar-refractivity contribution in [1.29, 1.82) is 0 Å². The average Bonchev–Trinajstić information content (AvgIpc) is 2.41. The van der Waals surface area contributed by atoms with Gasteiger partial charge in [0.25, 0.3) is 5.91 Å². The monoisotopic (exact) mass is 293 g/mol. The fourth-order valence-corrected chi connectivity index (χ4v) is 2.55. The van der Waals surface area contributed by atoms with E-state index in [9.17, 15) is 4.79 Å². The third-order valence-electron chi connectivity index (χ3n) is 2.89. The van der Waals surface area contributed by atoms with E-state index in [4.69, 9.17) is 27.9 Å². The molecule has 0 radical (unpaired) electrons. The molecule has 0 atom stereocenters. The van der Waals surface area contributed by atoms with Crippen LogP contribution in [0.15, 0.2) is 42.5 Å². The van der Waals surface area contributed by atoms with E-state index >= 15 is 0 Å². The quantitative estimate of drug-likeness (QED) is 0.796. The molecule has 1 aliphatic heterocycles. The van der Waals surface area contributed by atoms with Gasteiger partial charge in [0.05, 0.1) is 10.6 Å². The number of carbonyl (C=O) groups is 1. The van der Waals surface area contributed by atoms with Gasteiger partial charge in [0.2, 0.25) is 0 Å². The standard InChI is InChI=1S/C14H9Cl2NO2/c15-9-6-11-13(12(16)7-9)19-8-17(14(11)18)10-4-2-1-3-5-10/h1-7H,8H2. The van der Waals surface area contributed by atoms with Crippen molar-refractivity contribution in [2.75, 3.05) is 11.6 Å². The largest absolute Gasteiger partial charge is 0.470 e. The molecule has 1 heterocycles. The highest BCUT2D eigenvalue weighted by atomic mass is 35.5. The highest BCUT2D eigenvalue weighted by molar-refractivity contribution is 6.36. The van der Waals surface area contributed by atoms with Gasteiger partial charge >= 0.3 is 0 Å². The Morgan fingerprint density at radius 1 is 1.11 bits per heavy atom. The highest BCUT2D eigenvalue weighted by Gasteiger charge is 2.28. The lowest BCUT2D eigenvalue weighted by Gasteiger charge is -2.29. The molecule has 0 bridgehead atoms. The predicted molar refractivity (Wildman–Crippen MR) is 75.2 cm³/mol. The molecule has 1 aliphatic rings. The first-order valence-corrected chi connectivity index (χ1v) is 6.41. The molecule has 0 aliphatic carbocycles. The van der Waals surface area contributed by atoms with Crippen LogP contribution in [-0.4, -0.2) is 12.6 Å². The van der Waals surface area contributed by atoms with E-state index in [1.54, 1.807) is 12.1 Å². The Labute approximate surface area is 120 Å². The van der Waals surface area contributed by atoms with E-state index < -0.39 is 0 Å². The number of fused-ring (bicyclic) bond motifs is 1. The van der Waals surface area contributed by atoms with Gasteiger partial charge in [0, 0.05) is 10.7 Å². The number of hydrogen-bond acceptors (Lipinski definition) is 2. The van der Waals surface area contributed by atoms with Gasteiger partial charge in [0.15, 0.2) is 12.5 Å². The van der Waals surface area contributed by atoms with Gasteiger partial charge in [-0.05, 0) is 24.3 Å². The third kappa shape index (κ3) is 2.15. The maximum absolute atomic E-state index is 12.5. The van der Waals surface area contributed by atoms with E-state index in [0.717, 1.165) is 5.69 Å². The fraction of sp³-hybridized carbons (Fsp3) is 0.0714. The van der Waals surface area contributed by atoms with E-state index in [1.165, 1.54) is 4.90 Å². The minimum Gasteiger partial charge on any atom is -0.470 e. The molecule has 96 valence electrons. The average molecular weight is 294 g/mol. The van der Waals surface area contributed by atoms with Crippen molar-refractivity contribution in [2.45, 2.75) is 0 Å². The summed E-state index contributed by atoms with van der Waals surface area (Å²) in [6.07, 6.45) is 0. The molecule has 2 aromatic rings. The molecule has 0 aromatic heterocycles. The smallest absolute Gasteiger partial charge is 0.264 e. The number of para-hydroxylation sites is 1. The normalized spacial score (nSPS) is 14.0. The molecule has 0 fully saturated rings. The number of rotatable bonds is 1. The zero-order valence-electron chi connectivity index (χ0n) is 9.77. The van der Waals surface area contributed by atoms with Gasteiger partial charge in [-0.2, -0.15) is 0 Å². The second kappa shape index (κ2) is 4.76. The summed E-state index contributed by atoms with van der Waals surface area (Å²) in [7, 11) is 0. The summed E-state index contributed by atoms with van der Waals surface area (Å²) >= 11 is 12.0. The van der Waals surface area contributed by atoms with E-state index in [-0.39, 0.29) is 12.6 Å². The molecule has 3 rings (SSSR count). The van der Waals surface area contributed by atoms with Gasteiger partial charge in [0.1, 0.15) is 0 Å². The van der Waals surface area contributed by atoms with Crippen molar-refractivity contribution < 1.29 is 9.53 Å². The Balaban J connectivity index is 2.05. The van der Waals surface area contributed by atoms with Crippen LogP contribution in [0.3, 0.4) is 0 Å². The van der Waals surface area contributed by atoms with Crippen molar-refractivity contribution >= 4 is 34.8 Å². The number of carbonyl (C=O) groups excluding carboxylic acids is 1. The lowest BCUT2D eigenvalue weighted by molar-refractivity contribution is 0.0937. The summed E-state index contributed by atoms with van der Waals surface area (Å²) in [6.45, 7) is 0.136. The molecule has 0 saturated heterocycles. The zero-order chi connectivity index (χ0) is 13.4. The molecule has 1 amide bonds.